The summed E-state index contributed by atoms with van der Waals surface area (Å²) >= 11 is 0. The first kappa shape index (κ1) is 30.7. The molecule has 0 atom stereocenters. The lowest BCUT2D eigenvalue weighted by atomic mass is 10.0. The largest absolute Gasteiger partial charge is 0.318 e. The lowest BCUT2D eigenvalue weighted by Gasteiger charge is -2.14. The van der Waals surface area contributed by atoms with Gasteiger partial charge in [-0.3, -0.25) is 0 Å². The van der Waals surface area contributed by atoms with Gasteiger partial charge < -0.3 is 13.7 Å². The molecule has 8 aromatic carbocycles. The van der Waals surface area contributed by atoms with E-state index in [0.29, 0.717) is 11.3 Å². The average molecular weight is 700 g/mol. The zero-order chi connectivity index (χ0) is 36.6. The smallest absolute Gasteiger partial charge is 0.210 e. The van der Waals surface area contributed by atoms with Gasteiger partial charge in [-0.25, -0.2) is 4.85 Å². The highest BCUT2D eigenvalue weighted by atomic mass is 15.0. The summed E-state index contributed by atoms with van der Waals surface area (Å²) in [6.07, 6.45) is 0. The van der Waals surface area contributed by atoms with Crippen molar-refractivity contribution >= 4 is 71.1 Å². The van der Waals surface area contributed by atoms with E-state index < -0.39 is 0 Å². The van der Waals surface area contributed by atoms with Crippen LogP contribution < -0.4 is 0 Å². The lowest BCUT2D eigenvalue weighted by molar-refractivity contribution is 1.16. The Kier molecular flexibility index (Phi) is 6.61. The molecule has 0 saturated heterocycles. The minimum Gasteiger partial charge on any atom is -0.318 e. The Morgan fingerprint density at radius 1 is 0.418 bits per heavy atom. The van der Waals surface area contributed by atoms with Crippen LogP contribution in [-0.4, -0.2) is 13.7 Å². The summed E-state index contributed by atoms with van der Waals surface area (Å²) in [6.45, 7) is 8.08. The second-order valence-corrected chi connectivity index (χ2v) is 14.0. The van der Waals surface area contributed by atoms with Crippen LogP contribution in [0.25, 0.3) is 98.5 Å². The van der Waals surface area contributed by atoms with Gasteiger partial charge in [0.25, 0.3) is 0 Å². The first-order chi connectivity index (χ1) is 27.2. The average Bonchev–Trinajstić information content (AvgIpc) is 3.89. The summed E-state index contributed by atoms with van der Waals surface area (Å²) in [6, 6.07) is 63.7. The second-order valence-electron chi connectivity index (χ2n) is 14.0. The molecule has 5 nitrogen and oxygen atoms in total. The summed E-state index contributed by atoms with van der Waals surface area (Å²) in [7, 11) is 0. The Balaban J connectivity index is 1.05. The van der Waals surface area contributed by atoms with E-state index in [9.17, 15) is 5.26 Å². The molecule has 0 aliphatic heterocycles. The van der Waals surface area contributed by atoms with Crippen molar-refractivity contribution in [2.45, 2.75) is 0 Å². The highest BCUT2D eigenvalue weighted by molar-refractivity contribution is 6.13. The predicted octanol–water partition coefficient (Wildman–Crippen LogP) is 13.1. The Labute approximate surface area is 316 Å². The molecule has 3 heterocycles. The monoisotopic (exact) mass is 699 g/mol. The number of rotatable bonds is 4. The van der Waals surface area contributed by atoms with Gasteiger partial charge in [0.2, 0.25) is 5.69 Å². The topological polar surface area (TPSA) is 42.9 Å². The molecule has 0 aliphatic rings. The summed E-state index contributed by atoms with van der Waals surface area (Å²) < 4.78 is 6.80. The summed E-state index contributed by atoms with van der Waals surface area (Å²) in [5.74, 6) is 0. The van der Waals surface area contributed by atoms with Crippen molar-refractivity contribution in [1.82, 2.24) is 13.7 Å². The van der Waals surface area contributed by atoms with Crippen LogP contribution in [0.4, 0.5) is 5.69 Å². The van der Waals surface area contributed by atoms with E-state index in [1.54, 1.807) is 0 Å². The van der Waals surface area contributed by atoms with Crippen molar-refractivity contribution in [3.63, 3.8) is 0 Å². The third-order valence-corrected chi connectivity index (χ3v) is 11.1. The third kappa shape index (κ3) is 4.45. The number of hydrogen-bond donors (Lipinski definition) is 0. The van der Waals surface area contributed by atoms with Gasteiger partial charge in [-0.15, -0.1) is 0 Å². The maximum atomic E-state index is 10.1. The van der Waals surface area contributed by atoms with Gasteiger partial charge in [0.1, 0.15) is 6.07 Å². The maximum Gasteiger partial charge on any atom is 0.210 e. The fraction of sp³-hybridized carbons (Fsp3) is 0. The maximum absolute atomic E-state index is 10.1. The molecule has 0 saturated carbocycles. The highest BCUT2D eigenvalue weighted by Crippen LogP contribution is 2.40. The SMILES string of the molecule is [C-]#[N+]c1ccc(-c2ccc(-n3c4ccccc4c4cc(-n5c6ccccc6c6ccccc65)ccc43)cc2)cc1-n1c2ccccc2c2cccc(C#N)c21. The Hall–Kier alpha value is -7.86. The van der Waals surface area contributed by atoms with Crippen LogP contribution in [-0.2, 0) is 0 Å². The fourth-order valence-corrected chi connectivity index (χ4v) is 8.72. The van der Waals surface area contributed by atoms with Crippen LogP contribution in [0.15, 0.2) is 176 Å². The van der Waals surface area contributed by atoms with Gasteiger partial charge in [-0.05, 0) is 77.9 Å². The van der Waals surface area contributed by atoms with Crippen molar-refractivity contribution in [2.75, 3.05) is 0 Å². The molecule has 5 heteroatoms. The standard InChI is InChI=1S/C50H29N5/c1-52-43-27-23-33(29-49(43)55-47-20-9-4-14-39(47)41-16-10-11-34(31-51)50(41)55)32-21-24-35(25-22-32)53-46-19-8-5-15-40(46)42-30-36(26-28-48(42)53)54-44-17-6-2-12-37(44)38-13-3-7-18-45(38)54/h2-30H. The van der Waals surface area contributed by atoms with Gasteiger partial charge in [-0.2, -0.15) is 5.26 Å². The Morgan fingerprint density at radius 3 is 1.53 bits per heavy atom. The zero-order valence-electron chi connectivity index (χ0n) is 29.5. The number of nitrogens with zero attached hydrogens (tertiary/aromatic N) is 5. The molecule has 0 fully saturated rings. The van der Waals surface area contributed by atoms with E-state index in [-0.39, 0.29) is 0 Å². The summed E-state index contributed by atoms with van der Waals surface area (Å²) in [5, 5.41) is 17.1. The molecule has 0 amide bonds. The molecule has 55 heavy (non-hydrogen) atoms. The summed E-state index contributed by atoms with van der Waals surface area (Å²) in [5.41, 5.74) is 12.5. The van der Waals surface area contributed by atoms with Crippen LogP contribution >= 0.6 is 0 Å². The molecule has 11 aromatic rings. The Morgan fingerprint density at radius 2 is 0.909 bits per heavy atom. The minimum atomic E-state index is 0.529. The first-order valence-corrected chi connectivity index (χ1v) is 18.3. The summed E-state index contributed by atoms with van der Waals surface area (Å²) in [4.78, 5) is 3.93. The van der Waals surface area contributed by atoms with E-state index in [2.05, 4.69) is 164 Å². The van der Waals surface area contributed by atoms with E-state index in [1.165, 1.54) is 32.6 Å². The van der Waals surface area contributed by atoms with Gasteiger partial charge in [0.05, 0.1) is 50.9 Å². The molecule has 3 aromatic heterocycles. The second kappa shape index (κ2) is 11.8. The van der Waals surface area contributed by atoms with E-state index >= 15 is 0 Å². The normalized spacial score (nSPS) is 11.6. The van der Waals surface area contributed by atoms with Crippen LogP contribution in [0.3, 0.4) is 0 Å². The zero-order valence-corrected chi connectivity index (χ0v) is 29.5. The fourth-order valence-electron chi connectivity index (χ4n) is 8.72. The van der Waals surface area contributed by atoms with Crippen molar-refractivity contribution in [3.8, 4) is 34.3 Å². The molecule has 0 unspecified atom stereocenters. The van der Waals surface area contributed by atoms with E-state index in [0.717, 1.165) is 61.0 Å². The number of para-hydroxylation sites is 5. The molecule has 0 aliphatic carbocycles. The van der Waals surface area contributed by atoms with Crippen LogP contribution in [0.1, 0.15) is 5.56 Å². The predicted molar refractivity (Wildman–Crippen MR) is 226 cm³/mol. The number of benzene rings is 8. The molecule has 254 valence electrons. The van der Waals surface area contributed by atoms with Crippen molar-refractivity contribution in [2.24, 2.45) is 0 Å². The Bertz CT molecular complexity index is 3400. The lowest BCUT2D eigenvalue weighted by Crippen LogP contribution is -1.97. The van der Waals surface area contributed by atoms with Crippen molar-refractivity contribution < 1.29 is 0 Å². The minimum absolute atomic E-state index is 0.529. The molecular formula is C50H29N5. The quantitative estimate of drug-likeness (QED) is 0.169. The van der Waals surface area contributed by atoms with Gasteiger partial charge in [-0.1, -0.05) is 109 Å². The molecule has 0 radical (unpaired) electrons. The molecule has 0 spiro atoms. The molecule has 11 rings (SSSR count). The van der Waals surface area contributed by atoms with Crippen molar-refractivity contribution in [3.05, 3.63) is 193 Å². The van der Waals surface area contributed by atoms with Crippen LogP contribution in [0.5, 0.6) is 0 Å². The molecule has 0 bridgehead atoms. The number of nitriles is 1. The third-order valence-electron chi connectivity index (χ3n) is 11.1. The van der Waals surface area contributed by atoms with Crippen LogP contribution in [0, 0.1) is 17.9 Å². The number of hydrogen-bond acceptors (Lipinski definition) is 1. The van der Waals surface area contributed by atoms with Crippen molar-refractivity contribution in [1.29, 1.82) is 5.26 Å². The number of aromatic nitrogens is 3. The number of fused-ring (bicyclic) bond motifs is 9. The van der Waals surface area contributed by atoms with Gasteiger partial charge in [0.15, 0.2) is 0 Å². The van der Waals surface area contributed by atoms with Gasteiger partial charge >= 0.3 is 0 Å². The van der Waals surface area contributed by atoms with Crippen LogP contribution in [0.2, 0.25) is 0 Å². The highest BCUT2D eigenvalue weighted by Gasteiger charge is 2.19. The van der Waals surface area contributed by atoms with E-state index in [4.69, 9.17) is 6.57 Å². The van der Waals surface area contributed by atoms with Gasteiger partial charge in [0, 0.05) is 43.7 Å². The van der Waals surface area contributed by atoms with E-state index in [1.807, 2.05) is 36.4 Å². The first-order valence-electron chi connectivity index (χ1n) is 18.3. The molecule has 0 N–H and O–H groups in total. The molecular weight excluding hydrogens is 671 g/mol.